The number of hydrogen-bond donors (Lipinski definition) is 2. The van der Waals surface area contributed by atoms with E-state index in [2.05, 4.69) is 10.3 Å². The number of aromatic nitrogens is 3. The first-order chi connectivity index (χ1) is 8.59. The van der Waals surface area contributed by atoms with E-state index in [0.717, 1.165) is 0 Å². The first-order valence-corrected chi connectivity index (χ1v) is 5.19. The largest absolute Gasteiger partial charge is 0.410 e. The highest BCUT2D eigenvalue weighted by molar-refractivity contribution is 6.06. The van der Waals surface area contributed by atoms with Crippen LogP contribution in [0.5, 0.6) is 0 Å². The van der Waals surface area contributed by atoms with Gasteiger partial charge in [0.1, 0.15) is 11.0 Å². The van der Waals surface area contributed by atoms with Crippen molar-refractivity contribution < 1.29 is 20.0 Å². The van der Waals surface area contributed by atoms with Crippen molar-refractivity contribution in [3.63, 3.8) is 0 Å². The van der Waals surface area contributed by atoms with Crippen molar-refractivity contribution in [3.05, 3.63) is 23.8 Å². The summed E-state index contributed by atoms with van der Waals surface area (Å²) in [5.41, 5.74) is 1.13. The average molecular weight is 248 g/mol. The highest BCUT2D eigenvalue weighted by Gasteiger charge is 2.40. The number of benzene rings is 1. The molecule has 3 rings (SSSR count). The van der Waals surface area contributed by atoms with Gasteiger partial charge in [-0.1, -0.05) is 17.0 Å². The van der Waals surface area contributed by atoms with E-state index in [4.69, 9.17) is 0 Å². The Labute approximate surface area is 99.9 Å². The van der Waals surface area contributed by atoms with Crippen LogP contribution in [0.1, 0.15) is 17.9 Å². The van der Waals surface area contributed by atoms with Crippen LogP contribution in [-0.2, 0) is 9.59 Å². The lowest BCUT2D eigenvalue weighted by molar-refractivity contribution is -0.171. The summed E-state index contributed by atoms with van der Waals surface area (Å²) in [6, 6.07) is 4.81. The minimum atomic E-state index is -0.789. The van der Waals surface area contributed by atoms with Gasteiger partial charge in [0.05, 0.1) is 5.92 Å². The first kappa shape index (κ1) is 10.7. The predicted molar refractivity (Wildman–Crippen MR) is 55.7 cm³/mol. The number of carbonyl (C=O) groups excluding carboxylic acids is 2. The molecule has 0 radical (unpaired) electrons. The third-order valence-corrected chi connectivity index (χ3v) is 2.99. The van der Waals surface area contributed by atoms with Gasteiger partial charge < -0.3 is 5.21 Å². The van der Waals surface area contributed by atoms with Crippen molar-refractivity contribution in [2.75, 3.05) is 0 Å². The summed E-state index contributed by atoms with van der Waals surface area (Å²) in [4.78, 5) is 23.6. The van der Waals surface area contributed by atoms with E-state index in [0.29, 0.717) is 21.4 Å². The third kappa shape index (κ3) is 1.29. The van der Waals surface area contributed by atoms with E-state index in [1.54, 1.807) is 18.2 Å². The van der Waals surface area contributed by atoms with E-state index >= 15 is 0 Å². The van der Waals surface area contributed by atoms with Crippen molar-refractivity contribution in [1.29, 1.82) is 0 Å². The maximum Gasteiger partial charge on any atom is 0.261 e. The molecule has 92 valence electrons. The van der Waals surface area contributed by atoms with Gasteiger partial charge >= 0.3 is 0 Å². The minimum Gasteiger partial charge on any atom is -0.410 e. The number of amides is 2. The highest BCUT2D eigenvalue weighted by Crippen LogP contribution is 2.32. The van der Waals surface area contributed by atoms with Crippen LogP contribution < -0.4 is 0 Å². The minimum absolute atomic E-state index is 0.118. The summed E-state index contributed by atoms with van der Waals surface area (Å²) in [5.74, 6) is -2.14. The molecule has 1 aromatic carbocycles. The SMILES string of the molecule is O=C1CC(c2cccc3c2nnn3O)C(=O)N1O. The first-order valence-electron chi connectivity index (χ1n) is 5.19. The van der Waals surface area contributed by atoms with E-state index in [9.17, 15) is 20.0 Å². The molecule has 0 spiro atoms. The smallest absolute Gasteiger partial charge is 0.261 e. The molecule has 1 aliphatic heterocycles. The fraction of sp³-hybridized carbons (Fsp3) is 0.200. The molecule has 8 nitrogen and oxygen atoms in total. The van der Waals surface area contributed by atoms with Crippen LogP contribution in [0, 0.1) is 0 Å². The lowest BCUT2D eigenvalue weighted by Gasteiger charge is -2.07. The summed E-state index contributed by atoms with van der Waals surface area (Å²) in [6.45, 7) is 0. The van der Waals surface area contributed by atoms with Gasteiger partial charge in [-0.15, -0.1) is 5.10 Å². The lowest BCUT2D eigenvalue weighted by atomic mass is 9.96. The van der Waals surface area contributed by atoms with Crippen LogP contribution in [0.15, 0.2) is 18.2 Å². The molecule has 1 unspecified atom stereocenters. The summed E-state index contributed by atoms with van der Waals surface area (Å²) in [7, 11) is 0. The number of hydroxylamine groups is 2. The van der Waals surface area contributed by atoms with Crippen molar-refractivity contribution in [1.82, 2.24) is 20.2 Å². The van der Waals surface area contributed by atoms with Gasteiger partial charge in [-0.3, -0.25) is 14.8 Å². The van der Waals surface area contributed by atoms with Gasteiger partial charge in [0.25, 0.3) is 11.8 Å². The van der Waals surface area contributed by atoms with Gasteiger partial charge in [0.15, 0.2) is 0 Å². The summed E-state index contributed by atoms with van der Waals surface area (Å²) in [6.07, 6.45) is -0.118. The Balaban J connectivity index is 2.16. The Morgan fingerprint density at radius 3 is 2.72 bits per heavy atom. The molecule has 1 saturated heterocycles. The molecule has 1 aliphatic rings. The predicted octanol–water partition coefficient (Wildman–Crippen LogP) is -0.0997. The van der Waals surface area contributed by atoms with Crippen LogP contribution in [-0.4, -0.2) is 42.4 Å². The van der Waals surface area contributed by atoms with E-state index in [1.807, 2.05) is 0 Å². The van der Waals surface area contributed by atoms with Gasteiger partial charge in [-0.2, -0.15) is 5.06 Å². The monoisotopic (exact) mass is 248 g/mol. The number of fused-ring (bicyclic) bond motifs is 1. The van der Waals surface area contributed by atoms with Crippen molar-refractivity contribution in [2.24, 2.45) is 0 Å². The Morgan fingerprint density at radius 2 is 2.06 bits per heavy atom. The molecule has 1 fully saturated rings. The zero-order chi connectivity index (χ0) is 12.9. The molecule has 2 N–H and O–H groups in total. The maximum absolute atomic E-state index is 11.7. The van der Waals surface area contributed by atoms with E-state index < -0.39 is 17.7 Å². The molecule has 0 aliphatic carbocycles. The van der Waals surface area contributed by atoms with Crippen LogP contribution in [0.2, 0.25) is 0 Å². The van der Waals surface area contributed by atoms with Crippen molar-refractivity contribution in [3.8, 4) is 0 Å². The molecule has 2 aromatic rings. The topological polar surface area (TPSA) is 109 Å². The van der Waals surface area contributed by atoms with Crippen molar-refractivity contribution in [2.45, 2.75) is 12.3 Å². The Kier molecular flexibility index (Phi) is 2.08. The molecular weight excluding hydrogens is 240 g/mol. The number of carbonyl (C=O) groups is 2. The zero-order valence-corrected chi connectivity index (χ0v) is 9.02. The standard InChI is InChI=1S/C10H8N4O4/c15-8-4-6(10(16)13(8)17)5-2-1-3-7-9(5)11-12-14(7)18/h1-3,6,17-18H,4H2. The quantitative estimate of drug-likeness (QED) is 0.414. The van der Waals surface area contributed by atoms with E-state index in [-0.39, 0.29) is 11.5 Å². The van der Waals surface area contributed by atoms with Crippen LogP contribution in [0.4, 0.5) is 0 Å². The fourth-order valence-electron chi connectivity index (χ4n) is 2.10. The molecule has 0 bridgehead atoms. The molecule has 0 saturated carbocycles. The number of rotatable bonds is 1. The molecule has 2 heterocycles. The second kappa shape index (κ2) is 3.50. The molecule has 1 atom stereocenters. The maximum atomic E-state index is 11.7. The summed E-state index contributed by atoms with van der Waals surface area (Å²) < 4.78 is 0. The van der Waals surface area contributed by atoms with Crippen molar-refractivity contribution >= 4 is 22.8 Å². The molecular formula is C10H8N4O4. The zero-order valence-electron chi connectivity index (χ0n) is 9.02. The second-order valence-corrected chi connectivity index (χ2v) is 3.99. The average Bonchev–Trinajstić information content (AvgIpc) is 2.86. The Bertz CT molecular complexity index is 665. The van der Waals surface area contributed by atoms with Gasteiger partial charge in [0.2, 0.25) is 0 Å². The van der Waals surface area contributed by atoms with Crippen LogP contribution >= 0.6 is 0 Å². The molecule has 1 aromatic heterocycles. The number of hydrogen-bond acceptors (Lipinski definition) is 6. The lowest BCUT2D eigenvalue weighted by Crippen LogP contribution is -2.26. The molecule has 8 heteroatoms. The van der Waals surface area contributed by atoms with Crippen LogP contribution in [0.25, 0.3) is 11.0 Å². The number of imide groups is 1. The van der Waals surface area contributed by atoms with Gasteiger partial charge in [-0.25, -0.2) is 0 Å². The number of nitrogens with zero attached hydrogens (tertiary/aromatic N) is 4. The third-order valence-electron chi connectivity index (χ3n) is 2.99. The van der Waals surface area contributed by atoms with Gasteiger partial charge in [-0.05, 0) is 16.8 Å². The Hall–Kier alpha value is -2.48. The normalized spacial score (nSPS) is 20.1. The summed E-state index contributed by atoms with van der Waals surface area (Å²) >= 11 is 0. The molecule has 2 amide bonds. The fourth-order valence-corrected chi connectivity index (χ4v) is 2.10. The van der Waals surface area contributed by atoms with Gasteiger partial charge in [0, 0.05) is 6.42 Å². The van der Waals surface area contributed by atoms with E-state index in [1.165, 1.54) is 0 Å². The highest BCUT2D eigenvalue weighted by atomic mass is 16.5. The second-order valence-electron chi connectivity index (χ2n) is 3.99. The molecule has 18 heavy (non-hydrogen) atoms. The summed E-state index contributed by atoms with van der Waals surface area (Å²) in [5, 5.41) is 25.9. The Morgan fingerprint density at radius 1 is 1.28 bits per heavy atom. The van der Waals surface area contributed by atoms with Crippen LogP contribution in [0.3, 0.4) is 0 Å².